The third-order valence-corrected chi connectivity index (χ3v) is 4.02. The molecule has 0 radical (unpaired) electrons. The lowest BCUT2D eigenvalue weighted by Crippen LogP contribution is -2.07. The van der Waals surface area contributed by atoms with Crippen LogP contribution in [0, 0.1) is 0 Å². The van der Waals surface area contributed by atoms with E-state index in [9.17, 15) is 4.79 Å². The topological polar surface area (TPSA) is 72.3 Å². The third kappa shape index (κ3) is 5.52. The largest absolute Gasteiger partial charge is 0.493 e. The second-order valence-electron chi connectivity index (χ2n) is 5.99. The molecule has 0 aliphatic carbocycles. The number of azo groups is 1. The molecule has 3 aromatic rings. The van der Waals surface area contributed by atoms with Crippen molar-refractivity contribution in [2.75, 3.05) is 19.5 Å². The maximum atomic E-state index is 12.2. The van der Waals surface area contributed by atoms with Crippen molar-refractivity contribution in [3.05, 3.63) is 84.4 Å². The highest BCUT2D eigenvalue weighted by atomic mass is 16.5. The van der Waals surface area contributed by atoms with Gasteiger partial charge in [-0.15, -0.1) is 0 Å². The molecule has 0 spiro atoms. The minimum absolute atomic E-state index is 0.256. The van der Waals surface area contributed by atoms with Gasteiger partial charge in [-0.05, 0) is 48.5 Å². The molecule has 0 aliphatic heterocycles. The van der Waals surface area contributed by atoms with Crippen LogP contribution in [0.2, 0.25) is 0 Å². The van der Waals surface area contributed by atoms with Gasteiger partial charge in [0.15, 0.2) is 11.5 Å². The first-order valence-corrected chi connectivity index (χ1v) is 8.96. The lowest BCUT2D eigenvalue weighted by atomic mass is 10.1. The van der Waals surface area contributed by atoms with Gasteiger partial charge >= 0.3 is 0 Å². The van der Waals surface area contributed by atoms with E-state index in [2.05, 4.69) is 15.5 Å². The van der Waals surface area contributed by atoms with E-state index in [0.717, 1.165) is 11.3 Å². The molecule has 6 nitrogen and oxygen atoms in total. The van der Waals surface area contributed by atoms with Gasteiger partial charge in [-0.2, -0.15) is 10.2 Å². The minimum atomic E-state index is -0.256. The first kappa shape index (κ1) is 19.8. The van der Waals surface area contributed by atoms with Crippen molar-refractivity contribution in [1.82, 2.24) is 0 Å². The van der Waals surface area contributed by atoms with Crippen LogP contribution >= 0.6 is 0 Å². The van der Waals surface area contributed by atoms with E-state index in [4.69, 9.17) is 9.47 Å². The predicted octanol–water partition coefficient (Wildman–Crippen LogP) is 5.77. The number of anilines is 1. The Balaban J connectivity index is 1.62. The van der Waals surface area contributed by atoms with Gasteiger partial charge in [0.1, 0.15) is 0 Å². The fourth-order valence-corrected chi connectivity index (χ4v) is 2.61. The highest BCUT2D eigenvalue weighted by Gasteiger charge is 2.07. The number of carbonyl (C=O) groups excluding carboxylic acids is 1. The highest BCUT2D eigenvalue weighted by Crippen LogP contribution is 2.31. The number of methoxy groups -OCH3 is 2. The molecule has 0 saturated carbocycles. The molecule has 3 rings (SSSR count). The molecule has 0 saturated heterocycles. The van der Waals surface area contributed by atoms with E-state index < -0.39 is 0 Å². The Morgan fingerprint density at radius 1 is 0.828 bits per heavy atom. The summed E-state index contributed by atoms with van der Waals surface area (Å²) in [5, 5.41) is 11.2. The number of carbonyl (C=O) groups is 1. The molecule has 1 amide bonds. The molecule has 0 unspecified atom stereocenters. The normalized spacial score (nSPS) is 11.0. The van der Waals surface area contributed by atoms with Gasteiger partial charge in [0, 0.05) is 17.3 Å². The monoisotopic (exact) mass is 387 g/mol. The summed E-state index contributed by atoms with van der Waals surface area (Å²) >= 11 is 0. The number of benzene rings is 3. The third-order valence-electron chi connectivity index (χ3n) is 4.02. The molecule has 1 N–H and O–H groups in total. The van der Waals surface area contributed by atoms with E-state index in [0.29, 0.717) is 22.9 Å². The number of rotatable bonds is 7. The number of nitrogens with one attached hydrogen (secondary N) is 1. The van der Waals surface area contributed by atoms with Crippen molar-refractivity contribution in [3.63, 3.8) is 0 Å². The average Bonchev–Trinajstić information content (AvgIpc) is 2.77. The molecule has 29 heavy (non-hydrogen) atoms. The van der Waals surface area contributed by atoms with Crippen LogP contribution < -0.4 is 14.8 Å². The predicted molar refractivity (Wildman–Crippen MR) is 114 cm³/mol. The molecule has 0 fully saturated rings. The average molecular weight is 387 g/mol. The van der Waals surface area contributed by atoms with E-state index in [1.165, 1.54) is 6.08 Å². The van der Waals surface area contributed by atoms with Gasteiger partial charge in [-0.3, -0.25) is 4.79 Å². The van der Waals surface area contributed by atoms with Gasteiger partial charge in [-0.25, -0.2) is 0 Å². The van der Waals surface area contributed by atoms with Gasteiger partial charge in [-0.1, -0.05) is 30.3 Å². The summed E-state index contributed by atoms with van der Waals surface area (Å²) in [6, 6.07) is 22.1. The van der Waals surface area contributed by atoms with Crippen molar-refractivity contribution in [2.24, 2.45) is 10.2 Å². The smallest absolute Gasteiger partial charge is 0.248 e. The summed E-state index contributed by atoms with van der Waals surface area (Å²) in [7, 11) is 3.13. The van der Waals surface area contributed by atoms with Crippen LogP contribution in [0.15, 0.2) is 89.1 Å². The Labute approximate surface area is 169 Å². The first-order valence-electron chi connectivity index (χ1n) is 8.96. The minimum Gasteiger partial charge on any atom is -0.493 e. The Hall–Kier alpha value is -3.93. The summed E-state index contributed by atoms with van der Waals surface area (Å²) < 4.78 is 10.6. The summed E-state index contributed by atoms with van der Waals surface area (Å²) in [4.78, 5) is 12.2. The summed E-state index contributed by atoms with van der Waals surface area (Å²) in [6.45, 7) is 0. The van der Waals surface area contributed by atoms with E-state index in [-0.39, 0.29) is 5.91 Å². The van der Waals surface area contributed by atoms with E-state index in [1.54, 1.807) is 50.6 Å². The molecule has 0 aromatic heterocycles. The van der Waals surface area contributed by atoms with Gasteiger partial charge in [0.05, 0.1) is 25.6 Å². The highest BCUT2D eigenvalue weighted by molar-refractivity contribution is 6.02. The zero-order valence-corrected chi connectivity index (χ0v) is 16.2. The van der Waals surface area contributed by atoms with E-state index in [1.807, 2.05) is 42.5 Å². The quantitative estimate of drug-likeness (QED) is 0.413. The number of hydrogen-bond donors (Lipinski definition) is 1. The maximum Gasteiger partial charge on any atom is 0.248 e. The van der Waals surface area contributed by atoms with Crippen LogP contribution in [-0.2, 0) is 4.79 Å². The SMILES string of the molecule is COc1cccc(/C=C/C(=O)Nc2ccc(N=Nc3ccccc3)cc2)c1OC. The van der Waals surface area contributed by atoms with Gasteiger partial charge in [0.25, 0.3) is 0 Å². The number of nitrogens with zero attached hydrogens (tertiary/aromatic N) is 2. The lowest BCUT2D eigenvalue weighted by Gasteiger charge is -2.09. The lowest BCUT2D eigenvalue weighted by molar-refractivity contribution is -0.111. The molecule has 3 aromatic carbocycles. The molecule has 6 heteroatoms. The second-order valence-corrected chi connectivity index (χ2v) is 5.99. The molecule has 0 bridgehead atoms. The standard InChI is InChI=1S/C23H21N3O3/c1-28-21-10-6-7-17(23(21)29-2)11-16-22(27)24-18-12-14-20(15-13-18)26-25-19-8-4-3-5-9-19/h3-16H,1-2H3,(H,24,27)/b16-11+,26-25?. The molecular weight excluding hydrogens is 366 g/mol. The molecule has 0 heterocycles. The van der Waals surface area contributed by atoms with Crippen molar-refractivity contribution in [3.8, 4) is 11.5 Å². The van der Waals surface area contributed by atoms with Crippen molar-refractivity contribution in [2.45, 2.75) is 0 Å². The van der Waals surface area contributed by atoms with Crippen molar-refractivity contribution >= 4 is 29.0 Å². The van der Waals surface area contributed by atoms with Crippen molar-refractivity contribution < 1.29 is 14.3 Å². The van der Waals surface area contributed by atoms with Crippen LogP contribution in [0.1, 0.15) is 5.56 Å². The maximum absolute atomic E-state index is 12.2. The van der Waals surface area contributed by atoms with E-state index >= 15 is 0 Å². The zero-order valence-electron chi connectivity index (χ0n) is 16.2. The fourth-order valence-electron chi connectivity index (χ4n) is 2.61. The van der Waals surface area contributed by atoms with Crippen LogP contribution in [-0.4, -0.2) is 20.1 Å². The number of amides is 1. The zero-order chi connectivity index (χ0) is 20.5. The Bertz CT molecular complexity index is 1010. The van der Waals surface area contributed by atoms with Gasteiger partial charge < -0.3 is 14.8 Å². The summed E-state index contributed by atoms with van der Waals surface area (Å²) in [6.07, 6.45) is 3.12. The van der Waals surface area contributed by atoms with Crippen molar-refractivity contribution in [1.29, 1.82) is 0 Å². The first-order chi connectivity index (χ1) is 14.2. The number of ether oxygens (including phenoxy) is 2. The van der Waals surface area contributed by atoms with Crippen LogP contribution in [0.3, 0.4) is 0 Å². The van der Waals surface area contributed by atoms with Crippen LogP contribution in [0.25, 0.3) is 6.08 Å². The molecular formula is C23H21N3O3. The summed E-state index contributed by atoms with van der Waals surface area (Å²) in [5.74, 6) is 0.927. The fraction of sp³-hybridized carbons (Fsp3) is 0.0870. The summed E-state index contributed by atoms with van der Waals surface area (Å²) in [5.41, 5.74) is 2.89. The molecule has 0 aliphatic rings. The van der Waals surface area contributed by atoms with Gasteiger partial charge in [0.2, 0.25) is 5.91 Å². The van der Waals surface area contributed by atoms with Crippen LogP contribution in [0.5, 0.6) is 11.5 Å². The Morgan fingerprint density at radius 2 is 1.52 bits per heavy atom. The Kier molecular flexibility index (Phi) is 6.73. The molecule has 146 valence electrons. The van der Waals surface area contributed by atoms with Crippen LogP contribution in [0.4, 0.5) is 17.1 Å². The number of para-hydroxylation sites is 1. The Morgan fingerprint density at radius 3 is 2.17 bits per heavy atom. The number of hydrogen-bond acceptors (Lipinski definition) is 5. The second kappa shape index (κ2) is 9.85. The molecule has 0 atom stereocenters.